The van der Waals surface area contributed by atoms with E-state index in [1.807, 2.05) is 13.0 Å². The third kappa shape index (κ3) is 3.66. The summed E-state index contributed by atoms with van der Waals surface area (Å²) in [7, 11) is 0. The molecule has 4 rings (SSSR count). The number of hydrogen-bond acceptors (Lipinski definition) is 7. The zero-order valence-corrected chi connectivity index (χ0v) is 20.0. The second-order valence-electron chi connectivity index (χ2n) is 11.1. The van der Waals surface area contributed by atoms with Crippen LogP contribution in [0.1, 0.15) is 59.3 Å². The minimum atomic E-state index is -1.74. The number of carbonyl (C=O) groups excluding carboxylic acids is 3. The van der Waals surface area contributed by atoms with E-state index in [4.69, 9.17) is 9.84 Å². The molecule has 0 radical (unpaired) electrons. The molecule has 0 amide bonds. The van der Waals surface area contributed by atoms with Crippen LogP contribution < -0.4 is 0 Å². The van der Waals surface area contributed by atoms with Gasteiger partial charge >= 0.3 is 11.9 Å². The predicted molar refractivity (Wildman–Crippen MR) is 120 cm³/mol. The number of carbonyl (C=O) groups is 4. The number of aliphatic carboxylic acids is 1. The summed E-state index contributed by atoms with van der Waals surface area (Å²) in [6.07, 6.45) is 5.52. The highest BCUT2D eigenvalue weighted by atomic mass is 16.5. The van der Waals surface area contributed by atoms with Crippen molar-refractivity contribution in [2.45, 2.75) is 71.0 Å². The standard InChI is InChI=1S/C26H34O8/c1-14-10-16-17-7-9-26(33,20(29)13-34-22(32)5-4-21(30)31)25(17,3)12-19(28)23(16)24(2)8-6-15(27)11-18(14)24/h6,8,11,14,16-17,19,23,28,33H,4-5,7,9-10,12-13H2,1-3H3,(H,30,31)/t14-,16?,17?,19-,23?,24?,25?,26-/m0/s1. The van der Waals surface area contributed by atoms with Crippen LogP contribution in [0.15, 0.2) is 23.8 Å². The van der Waals surface area contributed by atoms with Crippen molar-refractivity contribution in [2.24, 2.45) is 34.5 Å². The Balaban J connectivity index is 1.56. The van der Waals surface area contributed by atoms with E-state index in [9.17, 15) is 29.4 Å². The highest BCUT2D eigenvalue weighted by Crippen LogP contribution is 2.67. The summed E-state index contributed by atoms with van der Waals surface area (Å²) < 4.78 is 4.98. The lowest BCUT2D eigenvalue weighted by molar-refractivity contribution is -0.182. The molecule has 3 fully saturated rings. The molecule has 8 atom stereocenters. The number of esters is 1. The van der Waals surface area contributed by atoms with E-state index in [2.05, 4.69) is 13.8 Å². The maximum Gasteiger partial charge on any atom is 0.306 e. The zero-order chi connectivity index (χ0) is 25.1. The second kappa shape index (κ2) is 8.41. The van der Waals surface area contributed by atoms with Gasteiger partial charge in [0.2, 0.25) is 5.78 Å². The van der Waals surface area contributed by atoms with Crippen LogP contribution in [0.5, 0.6) is 0 Å². The summed E-state index contributed by atoms with van der Waals surface area (Å²) in [6.45, 7) is 5.40. The number of rotatable bonds is 6. The van der Waals surface area contributed by atoms with Crippen LogP contribution in [0.2, 0.25) is 0 Å². The van der Waals surface area contributed by atoms with Gasteiger partial charge in [0, 0.05) is 16.7 Å². The number of fused-ring (bicyclic) bond motifs is 5. The van der Waals surface area contributed by atoms with Gasteiger partial charge in [-0.3, -0.25) is 19.2 Å². The molecular weight excluding hydrogens is 440 g/mol. The van der Waals surface area contributed by atoms with Gasteiger partial charge in [0.15, 0.2) is 12.4 Å². The first-order valence-electron chi connectivity index (χ1n) is 12.1. The van der Waals surface area contributed by atoms with Crippen molar-refractivity contribution in [3.63, 3.8) is 0 Å². The normalized spacial score (nSPS) is 42.8. The van der Waals surface area contributed by atoms with Crippen molar-refractivity contribution in [1.82, 2.24) is 0 Å². The Hall–Kier alpha value is -2.32. The second-order valence-corrected chi connectivity index (χ2v) is 11.1. The minimum Gasteiger partial charge on any atom is -0.481 e. The number of aliphatic hydroxyl groups is 2. The van der Waals surface area contributed by atoms with Crippen molar-refractivity contribution in [3.8, 4) is 0 Å². The smallest absolute Gasteiger partial charge is 0.306 e. The third-order valence-corrected chi connectivity index (χ3v) is 9.34. The van der Waals surface area contributed by atoms with Crippen LogP contribution >= 0.6 is 0 Å². The first-order valence-corrected chi connectivity index (χ1v) is 12.1. The van der Waals surface area contributed by atoms with Crippen LogP contribution in [-0.4, -0.2) is 57.1 Å². The Morgan fingerprint density at radius 1 is 1.21 bits per heavy atom. The summed E-state index contributed by atoms with van der Waals surface area (Å²) in [5.74, 6) is -2.51. The van der Waals surface area contributed by atoms with Gasteiger partial charge in [0.05, 0.1) is 18.9 Å². The average Bonchev–Trinajstić information content (AvgIpc) is 3.03. The van der Waals surface area contributed by atoms with E-state index in [-0.39, 0.29) is 55.1 Å². The molecule has 8 nitrogen and oxygen atoms in total. The van der Waals surface area contributed by atoms with Gasteiger partial charge in [-0.2, -0.15) is 0 Å². The quantitative estimate of drug-likeness (QED) is 0.498. The Morgan fingerprint density at radius 3 is 2.59 bits per heavy atom. The lowest BCUT2D eigenvalue weighted by Gasteiger charge is -2.60. The topological polar surface area (TPSA) is 138 Å². The highest BCUT2D eigenvalue weighted by Gasteiger charge is 2.68. The van der Waals surface area contributed by atoms with E-state index in [1.165, 1.54) is 0 Å². The Kier molecular flexibility index (Phi) is 6.13. The van der Waals surface area contributed by atoms with Crippen molar-refractivity contribution in [3.05, 3.63) is 23.8 Å². The maximum atomic E-state index is 13.1. The van der Waals surface area contributed by atoms with Gasteiger partial charge in [-0.15, -0.1) is 0 Å². The first-order chi connectivity index (χ1) is 15.8. The number of ketones is 2. The average molecular weight is 475 g/mol. The van der Waals surface area contributed by atoms with E-state index >= 15 is 0 Å². The lowest BCUT2D eigenvalue weighted by Crippen LogP contribution is -2.62. The fourth-order valence-corrected chi connectivity index (χ4v) is 7.76. The molecule has 8 heteroatoms. The highest BCUT2D eigenvalue weighted by molar-refractivity contribution is 6.01. The molecule has 5 unspecified atom stereocenters. The van der Waals surface area contributed by atoms with Crippen molar-refractivity contribution in [2.75, 3.05) is 6.61 Å². The van der Waals surface area contributed by atoms with E-state index in [0.717, 1.165) is 12.0 Å². The number of carboxylic acids is 1. The number of carboxylic acid groups (broad SMARTS) is 1. The molecule has 0 aliphatic heterocycles. The molecule has 0 aromatic heterocycles. The van der Waals surface area contributed by atoms with Gasteiger partial charge in [-0.05, 0) is 55.6 Å². The minimum absolute atomic E-state index is 0.00980. The molecular formula is C26H34O8. The molecule has 0 aromatic rings. The van der Waals surface area contributed by atoms with Gasteiger partial charge < -0.3 is 20.1 Å². The van der Waals surface area contributed by atoms with E-state index < -0.39 is 46.9 Å². The van der Waals surface area contributed by atoms with Crippen LogP contribution in [0.25, 0.3) is 0 Å². The number of ether oxygens (including phenoxy) is 1. The number of hydrogen-bond donors (Lipinski definition) is 3. The van der Waals surface area contributed by atoms with E-state index in [0.29, 0.717) is 6.42 Å². The molecule has 4 aliphatic carbocycles. The van der Waals surface area contributed by atoms with Gasteiger partial charge in [0.1, 0.15) is 5.60 Å². The molecule has 0 heterocycles. The molecule has 186 valence electrons. The van der Waals surface area contributed by atoms with E-state index in [1.54, 1.807) is 12.2 Å². The van der Waals surface area contributed by atoms with Crippen molar-refractivity contribution in [1.29, 1.82) is 0 Å². The summed E-state index contributed by atoms with van der Waals surface area (Å²) in [5.41, 5.74) is -2.04. The predicted octanol–water partition coefficient (Wildman–Crippen LogP) is 2.22. The number of Topliss-reactive ketones (excluding diaryl/α,β-unsaturated/α-hetero) is 1. The van der Waals surface area contributed by atoms with Crippen LogP contribution in [0.4, 0.5) is 0 Å². The van der Waals surface area contributed by atoms with Crippen molar-refractivity contribution >= 4 is 23.5 Å². The number of aliphatic hydroxyl groups excluding tert-OH is 1. The monoisotopic (exact) mass is 474 g/mol. The summed E-state index contributed by atoms with van der Waals surface area (Å²) in [4.78, 5) is 47.7. The summed E-state index contributed by atoms with van der Waals surface area (Å²) in [6, 6.07) is 0. The van der Waals surface area contributed by atoms with Gasteiger partial charge in [-0.1, -0.05) is 32.4 Å². The molecule has 0 aromatic carbocycles. The number of allylic oxidation sites excluding steroid dienone is 4. The first kappa shape index (κ1) is 24.8. The molecule has 0 saturated heterocycles. The van der Waals surface area contributed by atoms with Crippen LogP contribution in [0, 0.1) is 34.5 Å². The van der Waals surface area contributed by atoms with Gasteiger partial charge in [-0.25, -0.2) is 0 Å². The lowest BCUT2D eigenvalue weighted by atomic mass is 9.45. The van der Waals surface area contributed by atoms with Crippen LogP contribution in [0.3, 0.4) is 0 Å². The van der Waals surface area contributed by atoms with Crippen molar-refractivity contribution < 1.29 is 39.2 Å². The zero-order valence-electron chi connectivity index (χ0n) is 20.0. The molecule has 0 spiro atoms. The Morgan fingerprint density at radius 2 is 1.91 bits per heavy atom. The third-order valence-electron chi connectivity index (χ3n) is 9.34. The fraction of sp³-hybridized carbons (Fsp3) is 0.692. The van der Waals surface area contributed by atoms with Gasteiger partial charge in [0.25, 0.3) is 0 Å². The molecule has 0 bridgehead atoms. The molecule has 34 heavy (non-hydrogen) atoms. The summed E-state index contributed by atoms with van der Waals surface area (Å²) >= 11 is 0. The SMILES string of the molecule is C[C@H]1CC2C([C@@H](O)CC3(C)C2CC[C@]3(O)C(=O)COC(=O)CCC(=O)O)C2(C)C=CC(=O)C=C12. The molecule has 3 saturated carbocycles. The Labute approximate surface area is 199 Å². The largest absolute Gasteiger partial charge is 0.481 e. The Bertz CT molecular complexity index is 981. The maximum absolute atomic E-state index is 13.1. The fourth-order valence-electron chi connectivity index (χ4n) is 7.76. The molecule has 4 aliphatic rings. The van der Waals surface area contributed by atoms with Crippen LogP contribution in [-0.2, 0) is 23.9 Å². The summed E-state index contributed by atoms with van der Waals surface area (Å²) in [5, 5.41) is 31.7. The molecule has 3 N–H and O–H groups in total.